The zero-order valence-corrected chi connectivity index (χ0v) is 21.8. The molecule has 5 aromatic rings. The molecule has 0 fully saturated rings. The van der Waals surface area contributed by atoms with Gasteiger partial charge in [-0.15, -0.1) is 68.8 Å². The Bertz CT molecular complexity index is 1160. The van der Waals surface area contributed by atoms with Gasteiger partial charge in [0.05, 0.1) is 0 Å². The van der Waals surface area contributed by atoms with E-state index in [2.05, 4.69) is 112 Å². The van der Waals surface area contributed by atoms with Crippen LogP contribution in [0.25, 0.3) is 21.5 Å². The zero-order chi connectivity index (χ0) is 19.5. The van der Waals surface area contributed by atoms with E-state index in [0.29, 0.717) is 0 Å². The molecule has 0 nitrogen and oxygen atoms in total. The molecule has 1 atom stereocenters. The minimum Gasteiger partial charge on any atom is -0.168 e. The topological polar surface area (TPSA) is 0 Å². The van der Waals surface area contributed by atoms with Gasteiger partial charge < -0.3 is 0 Å². The van der Waals surface area contributed by atoms with Crippen molar-refractivity contribution in [2.75, 3.05) is 0 Å². The molecule has 0 saturated heterocycles. The molecule has 0 spiro atoms. The van der Waals surface area contributed by atoms with Gasteiger partial charge in [-0.1, -0.05) is 57.5 Å². The number of rotatable bonds is 2. The Morgan fingerprint density at radius 2 is 1.45 bits per heavy atom. The molecule has 0 bridgehead atoms. The number of aryl methyl sites for hydroxylation is 3. The maximum atomic E-state index is 2.31. The van der Waals surface area contributed by atoms with Gasteiger partial charge in [-0.25, -0.2) is 0 Å². The summed E-state index contributed by atoms with van der Waals surface area (Å²) in [6.07, 6.45) is 0. The van der Waals surface area contributed by atoms with Gasteiger partial charge in [-0.05, 0) is 24.7 Å². The molecule has 0 amide bonds. The third kappa shape index (κ3) is 5.03. The summed E-state index contributed by atoms with van der Waals surface area (Å²) < 4.78 is 0. The molecule has 0 aliphatic rings. The first-order chi connectivity index (χ1) is 13.6. The van der Waals surface area contributed by atoms with Crippen LogP contribution in [0.2, 0.25) is 0 Å². The largest absolute Gasteiger partial charge is 0.168 e. The first kappa shape index (κ1) is 21.9. The van der Waals surface area contributed by atoms with Gasteiger partial charge >= 0.3 is 0 Å². The molecule has 5 aromatic carbocycles. The predicted molar refractivity (Wildman–Crippen MR) is 127 cm³/mol. The Morgan fingerprint density at radius 1 is 0.724 bits per heavy atom. The van der Waals surface area contributed by atoms with Gasteiger partial charge in [0.2, 0.25) is 0 Å². The zero-order valence-electron chi connectivity index (χ0n) is 17.2. The Balaban J connectivity index is 0.000000174. The molecule has 0 radical (unpaired) electrons. The van der Waals surface area contributed by atoms with Crippen molar-refractivity contribution in [2.45, 2.75) is 20.8 Å². The van der Waals surface area contributed by atoms with Gasteiger partial charge in [0.15, 0.2) is 0 Å². The van der Waals surface area contributed by atoms with Crippen molar-refractivity contribution in [3.63, 3.8) is 0 Å². The summed E-state index contributed by atoms with van der Waals surface area (Å²) in [7, 11) is 0.759. The van der Waals surface area contributed by atoms with Crippen LogP contribution in [-0.4, -0.2) is 0 Å². The van der Waals surface area contributed by atoms with E-state index in [1.54, 1.807) is 0 Å². The maximum Gasteiger partial charge on any atom is 0 e. The fourth-order valence-electron chi connectivity index (χ4n) is 3.63. The number of benzene rings is 3. The first-order valence-electron chi connectivity index (χ1n) is 9.71. The molecule has 0 aliphatic carbocycles. The Morgan fingerprint density at radius 3 is 2.21 bits per heavy atom. The van der Waals surface area contributed by atoms with E-state index in [9.17, 15) is 0 Å². The van der Waals surface area contributed by atoms with Crippen molar-refractivity contribution in [1.29, 1.82) is 0 Å². The van der Waals surface area contributed by atoms with Crippen LogP contribution in [0.3, 0.4) is 0 Å². The van der Waals surface area contributed by atoms with E-state index in [1.807, 2.05) is 0 Å². The van der Waals surface area contributed by atoms with Crippen molar-refractivity contribution in [2.24, 2.45) is 0 Å². The van der Waals surface area contributed by atoms with Crippen molar-refractivity contribution in [1.82, 2.24) is 0 Å². The minimum atomic E-state index is 0. The number of hydrogen-bond acceptors (Lipinski definition) is 0. The second-order valence-corrected chi connectivity index (χ2v) is 8.73. The molecule has 5 rings (SSSR count). The summed E-state index contributed by atoms with van der Waals surface area (Å²) in [6, 6.07) is 32.6. The molecule has 0 heterocycles. The van der Waals surface area contributed by atoms with Crippen LogP contribution in [0.4, 0.5) is 0 Å². The molecule has 0 aromatic heterocycles. The molecular formula is C27H25HfP-2. The van der Waals surface area contributed by atoms with E-state index in [-0.39, 0.29) is 25.8 Å². The van der Waals surface area contributed by atoms with E-state index in [1.165, 1.54) is 48.8 Å². The summed E-state index contributed by atoms with van der Waals surface area (Å²) in [6.45, 7) is 6.49. The van der Waals surface area contributed by atoms with Crippen LogP contribution >= 0.6 is 8.58 Å². The number of hydrogen-bond donors (Lipinski definition) is 0. The monoisotopic (exact) mass is 560 g/mol. The number of fused-ring (bicyclic) bond motifs is 2. The van der Waals surface area contributed by atoms with Crippen LogP contribution in [0.5, 0.6) is 0 Å². The fourth-order valence-corrected chi connectivity index (χ4v) is 4.86. The molecule has 29 heavy (non-hydrogen) atoms. The SMILES string of the molecule is Cc1ccc(C)c2[cH-]ccc12.Cc1ccccc1Pc1cc2ccccc2[cH-]1.[Hf]. The molecule has 2 heteroatoms. The molecule has 0 saturated carbocycles. The standard InChI is InChI=1S/C16H14P.C11H11.Hf/c1-12-6-2-5-9-16(12)17-15-10-13-7-3-4-8-14(13)11-15;1-8-6-7-9(2)11-5-3-4-10(8)11;/h2-11,17H,1H3;3-7H,1-2H3;/q2*-1;. The van der Waals surface area contributed by atoms with Gasteiger partial charge in [-0.2, -0.15) is 18.2 Å². The van der Waals surface area contributed by atoms with E-state index < -0.39 is 0 Å². The summed E-state index contributed by atoms with van der Waals surface area (Å²) in [5.74, 6) is 0. The fraction of sp³-hybridized carbons (Fsp3) is 0.111. The average Bonchev–Trinajstić information content (AvgIpc) is 3.34. The van der Waals surface area contributed by atoms with Gasteiger partial charge in [0.25, 0.3) is 0 Å². The molecule has 0 aliphatic heterocycles. The van der Waals surface area contributed by atoms with Gasteiger partial charge in [-0.3, -0.25) is 0 Å². The molecule has 144 valence electrons. The van der Waals surface area contributed by atoms with Gasteiger partial charge in [0, 0.05) is 25.8 Å². The van der Waals surface area contributed by atoms with Crippen molar-refractivity contribution in [3.8, 4) is 0 Å². The third-order valence-corrected chi connectivity index (χ3v) is 6.70. The van der Waals surface area contributed by atoms with Crippen molar-refractivity contribution in [3.05, 3.63) is 108 Å². The van der Waals surface area contributed by atoms with E-state index >= 15 is 0 Å². The van der Waals surface area contributed by atoms with Crippen LogP contribution < -0.4 is 10.6 Å². The maximum absolute atomic E-state index is 2.31. The normalized spacial score (nSPS) is 10.9. The quantitative estimate of drug-likeness (QED) is 0.129. The summed E-state index contributed by atoms with van der Waals surface area (Å²) in [5.41, 5.74) is 4.13. The average molecular weight is 559 g/mol. The van der Waals surface area contributed by atoms with E-state index in [0.717, 1.165) is 8.58 Å². The van der Waals surface area contributed by atoms with Crippen LogP contribution in [-0.2, 0) is 25.8 Å². The summed E-state index contributed by atoms with van der Waals surface area (Å²) in [4.78, 5) is 0. The minimum absolute atomic E-state index is 0. The van der Waals surface area contributed by atoms with Crippen LogP contribution in [0.1, 0.15) is 16.7 Å². The Labute approximate surface area is 194 Å². The Hall–Kier alpha value is -1.82. The first-order valence-corrected chi connectivity index (χ1v) is 10.7. The molecule has 1 unspecified atom stereocenters. The third-order valence-electron chi connectivity index (χ3n) is 5.29. The molecule has 0 N–H and O–H groups in total. The molecular weight excluding hydrogens is 534 g/mol. The van der Waals surface area contributed by atoms with Crippen LogP contribution in [0, 0.1) is 20.8 Å². The van der Waals surface area contributed by atoms with Gasteiger partial charge in [0.1, 0.15) is 0 Å². The van der Waals surface area contributed by atoms with Crippen molar-refractivity contribution >= 4 is 40.7 Å². The van der Waals surface area contributed by atoms with Crippen molar-refractivity contribution < 1.29 is 25.8 Å². The van der Waals surface area contributed by atoms with Crippen LogP contribution in [0.15, 0.2) is 91.0 Å². The summed E-state index contributed by atoms with van der Waals surface area (Å²) >= 11 is 0. The second-order valence-electron chi connectivity index (χ2n) is 7.37. The summed E-state index contributed by atoms with van der Waals surface area (Å²) in [5, 5.41) is 8.37. The predicted octanol–water partition coefficient (Wildman–Crippen LogP) is 6.67. The van der Waals surface area contributed by atoms with E-state index in [4.69, 9.17) is 0 Å². The second kappa shape index (κ2) is 9.79. The smallest absolute Gasteiger partial charge is 0 e. The Kier molecular flexibility index (Phi) is 7.38.